The fourth-order valence-corrected chi connectivity index (χ4v) is 2.97. The van der Waals surface area contributed by atoms with Gasteiger partial charge in [0, 0.05) is 0 Å². The van der Waals surface area contributed by atoms with Gasteiger partial charge in [0.15, 0.2) is 0 Å². The van der Waals surface area contributed by atoms with Crippen LogP contribution in [0, 0.1) is 0 Å². The first-order valence-corrected chi connectivity index (χ1v) is 9.19. The summed E-state index contributed by atoms with van der Waals surface area (Å²) in [7, 11) is -0.886. The number of benzene rings is 2. The number of halogens is 3. The molecular formula is C21H24BF3O3. The van der Waals surface area contributed by atoms with Crippen LogP contribution in [0.3, 0.4) is 0 Å². The van der Waals surface area contributed by atoms with Crippen LogP contribution in [0.2, 0.25) is 0 Å². The monoisotopic (exact) mass is 392 g/mol. The number of hydrogen-bond donors (Lipinski definition) is 0. The standard InChI is InChI=1S/C21H24BF3O3/c1-19(2)20(3,4)28-22(27-19)18-12-17(11-10-16(18)13-21(23,24)25)26-14-15-8-6-5-7-9-15/h5-12H,13-14H2,1-4H3. The Labute approximate surface area is 163 Å². The Morgan fingerprint density at radius 2 is 1.54 bits per heavy atom. The van der Waals surface area contributed by atoms with Crippen LogP contribution >= 0.6 is 0 Å². The van der Waals surface area contributed by atoms with E-state index in [1.54, 1.807) is 12.1 Å². The van der Waals surface area contributed by atoms with Crippen LogP contribution in [0.25, 0.3) is 0 Å². The van der Waals surface area contributed by atoms with E-state index >= 15 is 0 Å². The molecule has 1 aliphatic heterocycles. The molecule has 1 heterocycles. The van der Waals surface area contributed by atoms with E-state index < -0.39 is 30.9 Å². The topological polar surface area (TPSA) is 27.7 Å². The van der Waals surface area contributed by atoms with Gasteiger partial charge in [0.2, 0.25) is 0 Å². The highest BCUT2D eigenvalue weighted by Crippen LogP contribution is 2.37. The lowest BCUT2D eigenvalue weighted by Crippen LogP contribution is -2.41. The van der Waals surface area contributed by atoms with E-state index in [2.05, 4.69) is 0 Å². The van der Waals surface area contributed by atoms with Crippen molar-refractivity contribution < 1.29 is 27.2 Å². The van der Waals surface area contributed by atoms with Crippen LogP contribution in [0.1, 0.15) is 38.8 Å². The molecule has 0 spiro atoms. The minimum atomic E-state index is -4.33. The molecule has 0 radical (unpaired) electrons. The summed E-state index contributed by atoms with van der Waals surface area (Å²) >= 11 is 0. The van der Waals surface area contributed by atoms with Gasteiger partial charge in [-0.15, -0.1) is 0 Å². The summed E-state index contributed by atoms with van der Waals surface area (Å²) in [6, 6.07) is 14.1. The zero-order valence-electron chi connectivity index (χ0n) is 16.5. The molecule has 0 atom stereocenters. The summed E-state index contributed by atoms with van der Waals surface area (Å²) in [4.78, 5) is 0. The SMILES string of the molecule is CC1(C)OB(c2cc(OCc3ccccc3)ccc2CC(F)(F)F)OC1(C)C. The Morgan fingerprint density at radius 1 is 0.929 bits per heavy atom. The molecule has 28 heavy (non-hydrogen) atoms. The Balaban J connectivity index is 1.88. The second kappa shape index (κ2) is 7.45. The van der Waals surface area contributed by atoms with Gasteiger partial charge in [-0.1, -0.05) is 36.4 Å². The molecule has 0 bridgehead atoms. The summed E-state index contributed by atoms with van der Waals surface area (Å²) in [6.07, 6.45) is -5.38. The Bertz CT molecular complexity index is 803. The molecule has 1 fully saturated rings. The van der Waals surface area contributed by atoms with Crippen molar-refractivity contribution in [3.05, 3.63) is 59.7 Å². The molecule has 1 saturated heterocycles. The largest absolute Gasteiger partial charge is 0.495 e. The van der Waals surface area contributed by atoms with Gasteiger partial charge in [0.05, 0.1) is 17.6 Å². The molecule has 0 N–H and O–H groups in total. The van der Waals surface area contributed by atoms with E-state index in [0.717, 1.165) is 5.56 Å². The van der Waals surface area contributed by atoms with Crippen molar-refractivity contribution in [1.82, 2.24) is 0 Å². The van der Waals surface area contributed by atoms with Gasteiger partial charge in [0.25, 0.3) is 0 Å². The maximum Gasteiger partial charge on any atom is 0.495 e. The zero-order chi connectivity index (χ0) is 20.6. The van der Waals surface area contributed by atoms with E-state index in [0.29, 0.717) is 17.8 Å². The van der Waals surface area contributed by atoms with Crippen molar-refractivity contribution in [1.29, 1.82) is 0 Å². The number of alkyl halides is 3. The van der Waals surface area contributed by atoms with Crippen molar-refractivity contribution in [3.8, 4) is 5.75 Å². The van der Waals surface area contributed by atoms with Gasteiger partial charge in [-0.25, -0.2) is 0 Å². The smallest absolute Gasteiger partial charge is 0.489 e. The number of ether oxygens (including phenoxy) is 1. The highest BCUT2D eigenvalue weighted by molar-refractivity contribution is 6.62. The molecule has 3 nitrogen and oxygen atoms in total. The highest BCUT2D eigenvalue weighted by Gasteiger charge is 2.52. The Kier molecular flexibility index (Phi) is 5.52. The van der Waals surface area contributed by atoms with Crippen LogP contribution in [0.5, 0.6) is 5.75 Å². The maximum atomic E-state index is 13.1. The summed E-state index contributed by atoms with van der Waals surface area (Å²) in [5.41, 5.74) is 0.154. The highest BCUT2D eigenvalue weighted by atomic mass is 19.4. The van der Waals surface area contributed by atoms with Gasteiger partial charge in [-0.3, -0.25) is 0 Å². The van der Waals surface area contributed by atoms with Crippen LogP contribution in [-0.2, 0) is 22.3 Å². The molecule has 1 aliphatic rings. The van der Waals surface area contributed by atoms with Crippen LogP contribution < -0.4 is 10.2 Å². The number of rotatable bonds is 5. The maximum absolute atomic E-state index is 13.1. The normalized spacial score (nSPS) is 18.3. The third-order valence-electron chi connectivity index (χ3n) is 5.26. The lowest BCUT2D eigenvalue weighted by atomic mass is 9.75. The fraction of sp³-hybridized carbons (Fsp3) is 0.429. The van der Waals surface area contributed by atoms with Crippen molar-refractivity contribution in [3.63, 3.8) is 0 Å². The van der Waals surface area contributed by atoms with Gasteiger partial charge in [0.1, 0.15) is 12.4 Å². The van der Waals surface area contributed by atoms with Gasteiger partial charge < -0.3 is 14.0 Å². The summed E-state index contributed by atoms with van der Waals surface area (Å²) in [5, 5.41) is 0. The molecule has 0 unspecified atom stereocenters. The quantitative estimate of drug-likeness (QED) is 0.693. The second-order valence-electron chi connectivity index (χ2n) is 8.02. The fourth-order valence-electron chi connectivity index (χ4n) is 2.97. The third kappa shape index (κ3) is 4.70. The molecule has 150 valence electrons. The van der Waals surface area contributed by atoms with Crippen molar-refractivity contribution in [2.75, 3.05) is 0 Å². The van der Waals surface area contributed by atoms with Crippen molar-refractivity contribution in [2.24, 2.45) is 0 Å². The number of hydrogen-bond acceptors (Lipinski definition) is 3. The van der Waals surface area contributed by atoms with E-state index in [1.165, 1.54) is 6.07 Å². The lowest BCUT2D eigenvalue weighted by molar-refractivity contribution is -0.127. The third-order valence-corrected chi connectivity index (χ3v) is 5.26. The van der Waals surface area contributed by atoms with Gasteiger partial charge in [-0.2, -0.15) is 13.2 Å². The first kappa shape index (κ1) is 20.7. The zero-order valence-corrected chi connectivity index (χ0v) is 16.5. The van der Waals surface area contributed by atoms with E-state index in [-0.39, 0.29) is 5.56 Å². The molecular weight excluding hydrogens is 368 g/mol. The molecule has 2 aromatic rings. The lowest BCUT2D eigenvalue weighted by Gasteiger charge is -2.32. The second-order valence-corrected chi connectivity index (χ2v) is 8.02. The minimum absolute atomic E-state index is 0.123. The molecule has 0 saturated carbocycles. The molecule has 3 rings (SSSR count). The van der Waals surface area contributed by atoms with Gasteiger partial charge >= 0.3 is 13.3 Å². The van der Waals surface area contributed by atoms with E-state index in [4.69, 9.17) is 14.0 Å². The molecule has 2 aromatic carbocycles. The van der Waals surface area contributed by atoms with E-state index in [1.807, 2.05) is 58.0 Å². The molecule has 0 aromatic heterocycles. The summed E-state index contributed by atoms with van der Waals surface area (Å²) in [5.74, 6) is 0.472. The Hall–Kier alpha value is -1.99. The van der Waals surface area contributed by atoms with Crippen LogP contribution in [0.4, 0.5) is 13.2 Å². The first-order valence-electron chi connectivity index (χ1n) is 9.19. The summed E-state index contributed by atoms with van der Waals surface area (Å²) < 4.78 is 57.0. The Morgan fingerprint density at radius 3 is 2.11 bits per heavy atom. The van der Waals surface area contributed by atoms with Crippen LogP contribution in [-0.4, -0.2) is 24.5 Å². The van der Waals surface area contributed by atoms with Gasteiger partial charge in [-0.05, 0) is 56.4 Å². The van der Waals surface area contributed by atoms with Crippen LogP contribution in [0.15, 0.2) is 48.5 Å². The average molecular weight is 392 g/mol. The molecule has 0 aliphatic carbocycles. The predicted molar refractivity (Wildman–Crippen MR) is 103 cm³/mol. The predicted octanol–water partition coefficient (Wildman–Crippen LogP) is 4.67. The molecule has 0 amide bonds. The van der Waals surface area contributed by atoms with E-state index in [9.17, 15) is 13.2 Å². The van der Waals surface area contributed by atoms with Crippen molar-refractivity contribution in [2.45, 2.75) is 58.1 Å². The average Bonchev–Trinajstić information content (AvgIpc) is 2.81. The minimum Gasteiger partial charge on any atom is -0.489 e. The summed E-state index contributed by atoms with van der Waals surface area (Å²) in [6.45, 7) is 7.79. The van der Waals surface area contributed by atoms with Crippen molar-refractivity contribution >= 4 is 12.6 Å². The first-order chi connectivity index (χ1) is 13.0. The molecule has 7 heteroatoms.